The zero-order valence-electron chi connectivity index (χ0n) is 8.44. The van der Waals surface area contributed by atoms with Crippen molar-refractivity contribution < 1.29 is 15.1 Å². The van der Waals surface area contributed by atoms with Gasteiger partial charge < -0.3 is 26.1 Å². The lowest BCUT2D eigenvalue weighted by Crippen LogP contribution is -2.26. The van der Waals surface area contributed by atoms with Gasteiger partial charge in [0.2, 0.25) is 0 Å². The maximum atomic E-state index is 9.25. The summed E-state index contributed by atoms with van der Waals surface area (Å²) in [6.07, 6.45) is 0.692. The smallest absolute Gasteiger partial charge is 0.140 e. The van der Waals surface area contributed by atoms with Gasteiger partial charge >= 0.3 is 0 Å². The molecule has 0 aromatic carbocycles. The fraction of sp³-hybridized carbons (Fsp3) is 0.875. The van der Waals surface area contributed by atoms with Crippen LogP contribution in [0, 0.1) is 0 Å². The number of rotatable bonds is 8. The van der Waals surface area contributed by atoms with Gasteiger partial charge in [0.05, 0.1) is 12.7 Å². The summed E-state index contributed by atoms with van der Waals surface area (Å²) < 4.78 is 4.77. The van der Waals surface area contributed by atoms with Crippen molar-refractivity contribution in [2.24, 2.45) is 10.9 Å². The second kappa shape index (κ2) is 8.74. The van der Waals surface area contributed by atoms with Crippen molar-refractivity contribution in [3.05, 3.63) is 0 Å². The van der Waals surface area contributed by atoms with Gasteiger partial charge in [-0.3, -0.25) is 0 Å². The Labute approximate surface area is 83.7 Å². The molecule has 0 saturated heterocycles. The minimum absolute atomic E-state index is 0.204. The van der Waals surface area contributed by atoms with Crippen molar-refractivity contribution in [2.75, 3.05) is 26.8 Å². The van der Waals surface area contributed by atoms with Crippen LogP contribution in [0.2, 0.25) is 0 Å². The van der Waals surface area contributed by atoms with Gasteiger partial charge in [0, 0.05) is 20.1 Å². The van der Waals surface area contributed by atoms with Crippen LogP contribution in [-0.4, -0.2) is 49.1 Å². The lowest BCUT2D eigenvalue weighted by Gasteiger charge is -2.09. The molecule has 0 amide bonds. The van der Waals surface area contributed by atoms with E-state index in [0.717, 1.165) is 0 Å². The van der Waals surface area contributed by atoms with Crippen LogP contribution in [0.1, 0.15) is 12.8 Å². The highest BCUT2D eigenvalue weighted by atomic mass is 16.5. The van der Waals surface area contributed by atoms with Gasteiger partial charge in [0.1, 0.15) is 5.84 Å². The minimum Gasteiger partial charge on any atom is -0.409 e. The Bertz CT molecular complexity index is 164. The standard InChI is InChI=1S/C8H19N3O3/c1-14-6-7(12)2-4-10-5-3-8(9)11-13/h7,10,12-13H,2-6H2,1H3,(H2,9,11). The monoisotopic (exact) mass is 205 g/mol. The lowest BCUT2D eigenvalue weighted by atomic mass is 10.2. The summed E-state index contributed by atoms with van der Waals surface area (Å²) in [6.45, 7) is 1.67. The van der Waals surface area contributed by atoms with Crippen molar-refractivity contribution >= 4 is 5.84 Å². The number of nitrogens with two attached hydrogens (primary N) is 1. The number of oxime groups is 1. The topological polar surface area (TPSA) is 100 Å². The first-order valence-corrected chi connectivity index (χ1v) is 4.54. The minimum atomic E-state index is -0.434. The average Bonchev–Trinajstić information content (AvgIpc) is 2.17. The Balaban J connectivity index is 3.21. The Morgan fingerprint density at radius 3 is 2.86 bits per heavy atom. The number of hydrogen-bond acceptors (Lipinski definition) is 5. The molecule has 0 fully saturated rings. The van der Waals surface area contributed by atoms with E-state index in [2.05, 4.69) is 10.5 Å². The van der Waals surface area contributed by atoms with Crippen molar-refractivity contribution in [3.63, 3.8) is 0 Å². The molecule has 1 atom stereocenters. The summed E-state index contributed by atoms with van der Waals surface area (Å²) in [5.41, 5.74) is 5.25. The Morgan fingerprint density at radius 1 is 1.57 bits per heavy atom. The van der Waals surface area contributed by atoms with E-state index in [-0.39, 0.29) is 5.84 Å². The molecule has 0 aliphatic carbocycles. The molecule has 0 aliphatic rings. The summed E-state index contributed by atoms with van der Waals surface area (Å²) in [7, 11) is 1.55. The Kier molecular flexibility index (Phi) is 8.20. The predicted molar refractivity (Wildman–Crippen MR) is 53.4 cm³/mol. The van der Waals surface area contributed by atoms with Crippen molar-refractivity contribution in [1.82, 2.24) is 5.32 Å². The fourth-order valence-electron chi connectivity index (χ4n) is 0.936. The maximum absolute atomic E-state index is 9.25. The quantitative estimate of drug-likeness (QED) is 0.135. The maximum Gasteiger partial charge on any atom is 0.140 e. The largest absolute Gasteiger partial charge is 0.409 e. The fourth-order valence-corrected chi connectivity index (χ4v) is 0.936. The van der Waals surface area contributed by atoms with Crippen molar-refractivity contribution in [3.8, 4) is 0 Å². The highest BCUT2D eigenvalue weighted by molar-refractivity contribution is 5.79. The summed E-state index contributed by atoms with van der Waals surface area (Å²) >= 11 is 0. The third-order valence-electron chi connectivity index (χ3n) is 1.70. The van der Waals surface area contributed by atoms with Crippen LogP contribution in [0.15, 0.2) is 5.16 Å². The number of ether oxygens (including phenoxy) is 1. The zero-order valence-corrected chi connectivity index (χ0v) is 8.44. The second-order valence-corrected chi connectivity index (χ2v) is 2.99. The molecule has 1 unspecified atom stereocenters. The molecule has 0 aromatic rings. The van der Waals surface area contributed by atoms with Crippen LogP contribution in [0.3, 0.4) is 0 Å². The molecule has 0 bridgehead atoms. The van der Waals surface area contributed by atoms with Crippen LogP contribution in [0.25, 0.3) is 0 Å². The second-order valence-electron chi connectivity index (χ2n) is 2.99. The Hall–Kier alpha value is -0.850. The van der Waals surface area contributed by atoms with Crippen LogP contribution >= 0.6 is 0 Å². The normalized spacial score (nSPS) is 14.3. The number of nitrogens with one attached hydrogen (secondary N) is 1. The van der Waals surface area contributed by atoms with E-state index < -0.39 is 6.10 Å². The van der Waals surface area contributed by atoms with E-state index in [1.54, 1.807) is 7.11 Å². The van der Waals surface area contributed by atoms with E-state index in [4.69, 9.17) is 15.7 Å². The summed E-state index contributed by atoms with van der Waals surface area (Å²) in [6, 6.07) is 0. The lowest BCUT2D eigenvalue weighted by molar-refractivity contribution is 0.0595. The van der Waals surface area contributed by atoms with Crippen LogP contribution < -0.4 is 11.1 Å². The first-order valence-electron chi connectivity index (χ1n) is 4.54. The van der Waals surface area contributed by atoms with Gasteiger partial charge in [0.15, 0.2) is 0 Å². The molecule has 0 aromatic heterocycles. The zero-order chi connectivity index (χ0) is 10.8. The molecular formula is C8H19N3O3. The van der Waals surface area contributed by atoms with E-state index in [9.17, 15) is 5.11 Å². The van der Waals surface area contributed by atoms with E-state index >= 15 is 0 Å². The van der Waals surface area contributed by atoms with Crippen LogP contribution in [0.4, 0.5) is 0 Å². The molecule has 0 radical (unpaired) electrons. The van der Waals surface area contributed by atoms with Gasteiger partial charge in [-0.15, -0.1) is 0 Å². The summed E-state index contributed by atoms with van der Waals surface area (Å²) in [5.74, 6) is 0.204. The molecule has 6 nitrogen and oxygen atoms in total. The third kappa shape index (κ3) is 7.78. The van der Waals surface area contributed by atoms with Gasteiger partial charge in [-0.1, -0.05) is 5.16 Å². The van der Waals surface area contributed by atoms with Crippen molar-refractivity contribution in [2.45, 2.75) is 18.9 Å². The van der Waals surface area contributed by atoms with Gasteiger partial charge in [-0.25, -0.2) is 0 Å². The van der Waals surface area contributed by atoms with Gasteiger partial charge in [-0.2, -0.15) is 0 Å². The number of methoxy groups -OCH3 is 1. The third-order valence-corrected chi connectivity index (χ3v) is 1.70. The van der Waals surface area contributed by atoms with E-state index in [0.29, 0.717) is 32.5 Å². The SMILES string of the molecule is COCC(O)CCNCCC(N)=NO. The predicted octanol–water partition coefficient (Wildman–Crippen LogP) is -0.890. The molecule has 84 valence electrons. The molecule has 0 aliphatic heterocycles. The van der Waals surface area contributed by atoms with Gasteiger partial charge in [-0.05, 0) is 13.0 Å². The van der Waals surface area contributed by atoms with Crippen LogP contribution in [-0.2, 0) is 4.74 Å². The Morgan fingerprint density at radius 2 is 2.29 bits per heavy atom. The summed E-state index contributed by atoms with van der Waals surface area (Å²) in [4.78, 5) is 0. The number of aliphatic hydroxyl groups excluding tert-OH is 1. The van der Waals surface area contributed by atoms with Crippen molar-refractivity contribution in [1.29, 1.82) is 0 Å². The number of aliphatic hydroxyl groups is 1. The van der Waals surface area contributed by atoms with Gasteiger partial charge in [0.25, 0.3) is 0 Å². The van der Waals surface area contributed by atoms with E-state index in [1.807, 2.05) is 0 Å². The first-order chi connectivity index (χ1) is 6.70. The molecule has 0 spiro atoms. The highest BCUT2D eigenvalue weighted by Crippen LogP contribution is 1.89. The highest BCUT2D eigenvalue weighted by Gasteiger charge is 2.01. The molecule has 6 heteroatoms. The molecule has 5 N–H and O–H groups in total. The average molecular weight is 205 g/mol. The first kappa shape index (κ1) is 13.2. The van der Waals surface area contributed by atoms with E-state index in [1.165, 1.54) is 0 Å². The number of amidine groups is 1. The molecular weight excluding hydrogens is 186 g/mol. The molecule has 0 rings (SSSR count). The summed E-state index contributed by atoms with van der Waals surface area (Å²) in [5, 5.41) is 23.4. The number of hydrogen-bond donors (Lipinski definition) is 4. The molecule has 0 heterocycles. The van der Waals surface area contributed by atoms with Crippen LogP contribution in [0.5, 0.6) is 0 Å². The molecule has 14 heavy (non-hydrogen) atoms. The molecule has 0 saturated carbocycles. The number of nitrogens with zero attached hydrogens (tertiary/aromatic N) is 1.